The Kier molecular flexibility index (Phi) is 6.49. The molecule has 1 heterocycles. The average molecular weight is 339 g/mol. The molecule has 1 atom stereocenters. The zero-order valence-electron chi connectivity index (χ0n) is 12.0. The van der Waals surface area contributed by atoms with E-state index >= 15 is 0 Å². The summed E-state index contributed by atoms with van der Waals surface area (Å²) in [6.07, 6.45) is -4.42. The van der Waals surface area contributed by atoms with Crippen LogP contribution in [-0.4, -0.2) is 43.1 Å². The Labute approximate surface area is 133 Å². The molecule has 1 aromatic rings. The number of hydrogen-bond acceptors (Lipinski definition) is 3. The minimum atomic E-state index is -4.42. The number of piperazine rings is 1. The second-order valence-electron chi connectivity index (χ2n) is 4.95. The maximum absolute atomic E-state index is 12.6. The maximum Gasteiger partial charge on any atom is 0.416 e. The van der Waals surface area contributed by atoms with Gasteiger partial charge in [-0.15, -0.1) is 12.4 Å². The quantitative estimate of drug-likeness (QED) is 0.919. The molecule has 0 spiro atoms. The van der Waals surface area contributed by atoms with E-state index in [0.717, 1.165) is 12.1 Å². The first-order chi connectivity index (χ1) is 9.88. The molecule has 0 aliphatic carbocycles. The SMILES string of the molecule is CC1CNCCN1C(=O)COc1cccc(C(F)(F)F)c1.Cl. The smallest absolute Gasteiger partial charge is 0.416 e. The van der Waals surface area contributed by atoms with Crippen LogP contribution in [0.1, 0.15) is 12.5 Å². The topological polar surface area (TPSA) is 41.6 Å². The highest BCUT2D eigenvalue weighted by molar-refractivity contribution is 5.85. The van der Waals surface area contributed by atoms with Crippen LogP contribution >= 0.6 is 12.4 Å². The molecule has 124 valence electrons. The van der Waals surface area contributed by atoms with Gasteiger partial charge in [0.05, 0.1) is 5.56 Å². The van der Waals surface area contributed by atoms with Crippen molar-refractivity contribution in [2.45, 2.75) is 19.1 Å². The lowest BCUT2D eigenvalue weighted by molar-refractivity contribution is -0.137. The van der Waals surface area contributed by atoms with Gasteiger partial charge < -0.3 is 15.0 Å². The molecule has 0 bridgehead atoms. The number of nitrogens with one attached hydrogen (secondary N) is 1. The Morgan fingerprint density at radius 1 is 1.45 bits per heavy atom. The van der Waals surface area contributed by atoms with Crippen LogP contribution in [0.2, 0.25) is 0 Å². The molecule has 1 fully saturated rings. The molecule has 1 aliphatic heterocycles. The van der Waals surface area contributed by atoms with E-state index in [2.05, 4.69) is 5.32 Å². The first-order valence-corrected chi connectivity index (χ1v) is 6.68. The van der Waals surface area contributed by atoms with Crippen LogP contribution in [0.3, 0.4) is 0 Å². The fraction of sp³-hybridized carbons (Fsp3) is 0.500. The minimum absolute atomic E-state index is 0. The van der Waals surface area contributed by atoms with Gasteiger partial charge in [-0.3, -0.25) is 4.79 Å². The first kappa shape index (κ1) is 18.6. The van der Waals surface area contributed by atoms with E-state index in [-0.39, 0.29) is 36.7 Å². The largest absolute Gasteiger partial charge is 0.484 e. The Bertz CT molecular complexity index is 511. The third kappa shape index (κ3) is 4.78. The van der Waals surface area contributed by atoms with Crippen molar-refractivity contribution in [3.8, 4) is 5.75 Å². The summed E-state index contributed by atoms with van der Waals surface area (Å²) >= 11 is 0. The zero-order chi connectivity index (χ0) is 15.5. The van der Waals surface area contributed by atoms with Crippen molar-refractivity contribution in [2.24, 2.45) is 0 Å². The number of benzene rings is 1. The van der Waals surface area contributed by atoms with Crippen molar-refractivity contribution in [1.82, 2.24) is 10.2 Å². The number of alkyl halides is 3. The predicted molar refractivity (Wildman–Crippen MR) is 78.2 cm³/mol. The number of carbonyl (C=O) groups excluding carboxylic acids is 1. The van der Waals surface area contributed by atoms with Gasteiger partial charge in [0.1, 0.15) is 5.75 Å². The number of nitrogens with zero attached hydrogens (tertiary/aromatic N) is 1. The third-order valence-electron chi connectivity index (χ3n) is 3.35. The maximum atomic E-state index is 12.6. The van der Waals surface area contributed by atoms with Crippen molar-refractivity contribution < 1.29 is 22.7 Å². The summed E-state index contributed by atoms with van der Waals surface area (Å²) in [6.45, 7) is 3.64. The van der Waals surface area contributed by atoms with E-state index in [9.17, 15) is 18.0 Å². The van der Waals surface area contributed by atoms with Gasteiger partial charge in [0, 0.05) is 25.7 Å². The summed E-state index contributed by atoms with van der Waals surface area (Å²) in [4.78, 5) is 13.7. The first-order valence-electron chi connectivity index (χ1n) is 6.68. The molecule has 1 unspecified atom stereocenters. The van der Waals surface area contributed by atoms with E-state index in [4.69, 9.17) is 4.74 Å². The fourth-order valence-corrected chi connectivity index (χ4v) is 2.20. The molecule has 1 N–H and O–H groups in total. The minimum Gasteiger partial charge on any atom is -0.484 e. The number of carbonyl (C=O) groups is 1. The molecule has 4 nitrogen and oxygen atoms in total. The monoisotopic (exact) mass is 338 g/mol. The number of rotatable bonds is 3. The van der Waals surface area contributed by atoms with Crippen molar-refractivity contribution in [1.29, 1.82) is 0 Å². The van der Waals surface area contributed by atoms with Crippen LogP contribution < -0.4 is 10.1 Å². The van der Waals surface area contributed by atoms with E-state index in [1.165, 1.54) is 12.1 Å². The highest BCUT2D eigenvalue weighted by Gasteiger charge is 2.30. The highest BCUT2D eigenvalue weighted by Crippen LogP contribution is 2.31. The van der Waals surface area contributed by atoms with Crippen molar-refractivity contribution in [3.05, 3.63) is 29.8 Å². The van der Waals surface area contributed by atoms with Gasteiger partial charge in [0.25, 0.3) is 5.91 Å². The van der Waals surface area contributed by atoms with Crippen molar-refractivity contribution >= 4 is 18.3 Å². The van der Waals surface area contributed by atoms with E-state index in [1.54, 1.807) is 4.90 Å². The molecule has 1 aromatic carbocycles. The second-order valence-corrected chi connectivity index (χ2v) is 4.95. The van der Waals surface area contributed by atoms with Crippen LogP contribution in [0.15, 0.2) is 24.3 Å². The number of ether oxygens (including phenoxy) is 1. The van der Waals surface area contributed by atoms with Gasteiger partial charge in [-0.05, 0) is 25.1 Å². The molecule has 1 amide bonds. The lowest BCUT2D eigenvalue weighted by atomic mass is 10.2. The standard InChI is InChI=1S/C14H17F3N2O2.ClH/c1-10-8-18-5-6-19(10)13(20)9-21-12-4-2-3-11(7-12)14(15,16)17;/h2-4,7,10,18H,5-6,8-9H2,1H3;1H. The van der Waals surface area contributed by atoms with Gasteiger partial charge in [-0.1, -0.05) is 6.07 Å². The van der Waals surface area contributed by atoms with Crippen LogP contribution in [0, 0.1) is 0 Å². The lowest BCUT2D eigenvalue weighted by Gasteiger charge is -2.33. The van der Waals surface area contributed by atoms with E-state index in [0.29, 0.717) is 19.6 Å². The normalized spacial score (nSPS) is 18.5. The van der Waals surface area contributed by atoms with Crippen molar-refractivity contribution in [3.63, 3.8) is 0 Å². The Hall–Kier alpha value is -1.47. The van der Waals surface area contributed by atoms with E-state index in [1.807, 2.05) is 6.92 Å². The van der Waals surface area contributed by atoms with Crippen molar-refractivity contribution in [2.75, 3.05) is 26.2 Å². The Balaban J connectivity index is 0.00000242. The molecule has 1 saturated heterocycles. The molecule has 0 aromatic heterocycles. The summed E-state index contributed by atoms with van der Waals surface area (Å²) in [7, 11) is 0. The summed E-state index contributed by atoms with van der Waals surface area (Å²) in [6, 6.07) is 4.58. The molecular weight excluding hydrogens is 321 g/mol. The molecule has 1 aliphatic rings. The number of hydrogen-bond donors (Lipinski definition) is 1. The fourth-order valence-electron chi connectivity index (χ4n) is 2.20. The summed E-state index contributed by atoms with van der Waals surface area (Å²) < 4.78 is 42.9. The molecule has 0 radical (unpaired) electrons. The summed E-state index contributed by atoms with van der Waals surface area (Å²) in [5.41, 5.74) is -0.789. The molecular formula is C14H18ClF3N2O2. The second kappa shape index (κ2) is 7.69. The predicted octanol–water partition coefficient (Wildman–Crippen LogP) is 2.33. The Morgan fingerprint density at radius 3 is 2.82 bits per heavy atom. The molecule has 2 rings (SSSR count). The van der Waals surface area contributed by atoms with Gasteiger partial charge in [-0.2, -0.15) is 13.2 Å². The highest BCUT2D eigenvalue weighted by atomic mass is 35.5. The summed E-state index contributed by atoms with van der Waals surface area (Å²) in [5.74, 6) is -0.178. The number of amides is 1. The van der Waals surface area contributed by atoms with Gasteiger partial charge in [-0.25, -0.2) is 0 Å². The molecule has 22 heavy (non-hydrogen) atoms. The summed E-state index contributed by atoms with van der Waals surface area (Å²) in [5, 5.41) is 3.16. The Morgan fingerprint density at radius 2 is 2.18 bits per heavy atom. The molecule has 8 heteroatoms. The van der Waals surface area contributed by atoms with Gasteiger partial charge in [0.2, 0.25) is 0 Å². The molecule has 0 saturated carbocycles. The van der Waals surface area contributed by atoms with Crippen LogP contribution in [0.5, 0.6) is 5.75 Å². The number of halogens is 4. The van der Waals surface area contributed by atoms with Crippen LogP contribution in [0.25, 0.3) is 0 Å². The van der Waals surface area contributed by atoms with Gasteiger partial charge >= 0.3 is 6.18 Å². The van der Waals surface area contributed by atoms with Gasteiger partial charge in [0.15, 0.2) is 6.61 Å². The van der Waals surface area contributed by atoms with E-state index < -0.39 is 11.7 Å². The van der Waals surface area contributed by atoms with Crippen LogP contribution in [-0.2, 0) is 11.0 Å². The average Bonchev–Trinajstić information content (AvgIpc) is 2.45. The van der Waals surface area contributed by atoms with Crippen LogP contribution in [0.4, 0.5) is 13.2 Å². The zero-order valence-corrected chi connectivity index (χ0v) is 12.8. The third-order valence-corrected chi connectivity index (χ3v) is 3.35. The lowest BCUT2D eigenvalue weighted by Crippen LogP contribution is -2.53.